The molecule has 8 aromatic rings. The van der Waals surface area contributed by atoms with E-state index in [2.05, 4.69) is 179 Å². The van der Waals surface area contributed by atoms with Crippen molar-refractivity contribution in [2.45, 2.75) is 25.7 Å². The summed E-state index contributed by atoms with van der Waals surface area (Å²) < 4.78 is 4.84. The molecule has 0 bridgehead atoms. The van der Waals surface area contributed by atoms with E-state index in [4.69, 9.17) is 0 Å². The molecular weight excluding hydrogens is 605 g/mol. The Labute approximate surface area is 292 Å². The first kappa shape index (κ1) is 28.9. The molecule has 0 aliphatic heterocycles. The summed E-state index contributed by atoms with van der Waals surface area (Å²) in [5, 5.41) is 2.74. The lowest BCUT2D eigenvalue weighted by atomic mass is 9.96. The molecule has 0 amide bonds. The average Bonchev–Trinajstić information content (AvgIpc) is 3.71. The van der Waals surface area contributed by atoms with Crippen molar-refractivity contribution in [1.82, 2.24) is 9.13 Å². The molecular formula is C48H36N2. The highest BCUT2D eigenvalue weighted by atomic mass is 15.0. The summed E-state index contributed by atoms with van der Waals surface area (Å²) in [6, 6.07) is 53.6. The first-order valence-corrected chi connectivity index (χ1v) is 17.8. The van der Waals surface area contributed by atoms with Gasteiger partial charge in [-0.1, -0.05) is 109 Å². The van der Waals surface area contributed by atoms with Crippen LogP contribution in [0, 0.1) is 0 Å². The number of aryl methyl sites for hydroxylation is 2. The van der Waals surface area contributed by atoms with Gasteiger partial charge in [0.15, 0.2) is 0 Å². The molecule has 0 saturated heterocycles. The highest BCUT2D eigenvalue weighted by Gasteiger charge is 2.19. The van der Waals surface area contributed by atoms with Crippen molar-refractivity contribution in [1.29, 1.82) is 0 Å². The Morgan fingerprint density at radius 2 is 0.760 bits per heavy atom. The van der Waals surface area contributed by atoms with Crippen molar-refractivity contribution < 1.29 is 0 Å². The van der Waals surface area contributed by atoms with Crippen molar-refractivity contribution in [2.24, 2.45) is 0 Å². The smallest absolute Gasteiger partial charge is 0.0537 e. The van der Waals surface area contributed by atoms with Crippen molar-refractivity contribution in [2.75, 3.05) is 0 Å². The number of aromatic nitrogens is 2. The zero-order valence-corrected chi connectivity index (χ0v) is 27.9. The SMILES string of the molecule is C1=Cc2c(c3ccccc3n2-c2ccc(-c3cccc(-c4cccc(-c5ccc(-n6c7c(c8ccccc86)CCC=C7)cc5)c4)c3)cc2)CC1. The van der Waals surface area contributed by atoms with Crippen molar-refractivity contribution in [3.63, 3.8) is 0 Å². The predicted molar refractivity (Wildman–Crippen MR) is 211 cm³/mol. The minimum Gasteiger partial charge on any atom is -0.310 e. The summed E-state index contributed by atoms with van der Waals surface area (Å²) in [4.78, 5) is 0. The lowest BCUT2D eigenvalue weighted by Crippen LogP contribution is -2.00. The van der Waals surface area contributed by atoms with Crippen LogP contribution >= 0.6 is 0 Å². The van der Waals surface area contributed by atoms with Crippen LogP contribution in [0.3, 0.4) is 0 Å². The van der Waals surface area contributed by atoms with Crippen LogP contribution in [-0.4, -0.2) is 9.13 Å². The molecule has 0 saturated carbocycles. The van der Waals surface area contributed by atoms with Gasteiger partial charge >= 0.3 is 0 Å². The summed E-state index contributed by atoms with van der Waals surface area (Å²) in [6.07, 6.45) is 13.6. The van der Waals surface area contributed by atoms with E-state index in [1.807, 2.05) is 0 Å². The number of allylic oxidation sites excluding steroid dienone is 2. The Morgan fingerprint density at radius 3 is 1.20 bits per heavy atom. The maximum absolute atomic E-state index is 2.42. The molecule has 0 unspecified atom stereocenters. The van der Waals surface area contributed by atoms with Gasteiger partial charge in [0, 0.05) is 33.5 Å². The van der Waals surface area contributed by atoms with E-state index in [0.717, 1.165) is 25.7 Å². The second-order valence-corrected chi connectivity index (χ2v) is 13.6. The van der Waals surface area contributed by atoms with Gasteiger partial charge < -0.3 is 9.13 Å². The molecule has 0 spiro atoms. The summed E-state index contributed by atoms with van der Waals surface area (Å²) in [6.45, 7) is 0. The summed E-state index contributed by atoms with van der Waals surface area (Å²) in [5.41, 5.74) is 17.8. The zero-order chi connectivity index (χ0) is 33.0. The number of fused-ring (bicyclic) bond motifs is 6. The minimum atomic E-state index is 1.10. The van der Waals surface area contributed by atoms with Gasteiger partial charge in [-0.15, -0.1) is 0 Å². The Balaban J connectivity index is 0.950. The van der Waals surface area contributed by atoms with E-state index >= 15 is 0 Å². The predicted octanol–water partition coefficient (Wildman–Crippen LogP) is 12.5. The van der Waals surface area contributed by atoms with Gasteiger partial charge in [-0.05, 0) is 131 Å². The van der Waals surface area contributed by atoms with Crippen molar-refractivity contribution >= 4 is 34.0 Å². The van der Waals surface area contributed by atoms with Crippen molar-refractivity contribution in [3.8, 4) is 44.8 Å². The van der Waals surface area contributed by atoms with Gasteiger partial charge in [0.25, 0.3) is 0 Å². The van der Waals surface area contributed by atoms with E-state index in [9.17, 15) is 0 Å². The fourth-order valence-electron chi connectivity index (χ4n) is 8.29. The second-order valence-electron chi connectivity index (χ2n) is 13.6. The van der Waals surface area contributed by atoms with Gasteiger partial charge in [0.2, 0.25) is 0 Å². The lowest BCUT2D eigenvalue weighted by molar-refractivity contribution is 0.967. The third kappa shape index (κ3) is 4.71. The average molecular weight is 641 g/mol. The first-order valence-electron chi connectivity index (χ1n) is 17.8. The van der Waals surface area contributed by atoms with Crippen LogP contribution in [0.4, 0.5) is 0 Å². The molecule has 2 aromatic heterocycles. The fourth-order valence-corrected chi connectivity index (χ4v) is 8.29. The second kappa shape index (κ2) is 11.8. The van der Waals surface area contributed by atoms with E-state index in [-0.39, 0.29) is 0 Å². The topological polar surface area (TPSA) is 9.86 Å². The summed E-state index contributed by atoms with van der Waals surface area (Å²) >= 11 is 0. The number of hydrogen-bond donors (Lipinski definition) is 0. The number of nitrogens with zero attached hydrogens (tertiary/aromatic N) is 2. The molecule has 0 fully saturated rings. The first-order chi connectivity index (χ1) is 24.8. The van der Waals surface area contributed by atoms with Crippen molar-refractivity contribution in [3.05, 3.63) is 180 Å². The Morgan fingerprint density at radius 1 is 0.360 bits per heavy atom. The molecule has 10 rings (SSSR count). The van der Waals surface area contributed by atoms with Crippen LogP contribution in [0.25, 0.3) is 78.7 Å². The van der Waals surface area contributed by atoms with Gasteiger partial charge in [0.1, 0.15) is 0 Å². The third-order valence-corrected chi connectivity index (χ3v) is 10.7. The highest BCUT2D eigenvalue weighted by Crippen LogP contribution is 2.37. The minimum absolute atomic E-state index is 1.10. The van der Waals surface area contributed by atoms with Gasteiger partial charge in [0.05, 0.1) is 11.0 Å². The summed E-state index contributed by atoms with van der Waals surface area (Å²) in [5.74, 6) is 0. The van der Waals surface area contributed by atoms with E-state index < -0.39 is 0 Å². The maximum atomic E-state index is 2.42. The number of rotatable bonds is 5. The molecule has 2 heteroatoms. The van der Waals surface area contributed by atoms with E-state index in [1.165, 1.54) is 89.1 Å². The van der Waals surface area contributed by atoms with Crippen LogP contribution in [0.2, 0.25) is 0 Å². The zero-order valence-electron chi connectivity index (χ0n) is 27.9. The largest absolute Gasteiger partial charge is 0.310 e. The molecule has 2 aliphatic carbocycles. The third-order valence-electron chi connectivity index (χ3n) is 10.7. The Kier molecular flexibility index (Phi) is 6.80. The molecule has 0 radical (unpaired) electrons. The quantitative estimate of drug-likeness (QED) is 0.177. The molecule has 2 nitrogen and oxygen atoms in total. The lowest BCUT2D eigenvalue weighted by Gasteiger charge is -2.13. The van der Waals surface area contributed by atoms with Crippen LogP contribution in [0.5, 0.6) is 0 Å². The Hall–Kier alpha value is -6.12. The van der Waals surface area contributed by atoms with E-state index in [1.54, 1.807) is 0 Å². The van der Waals surface area contributed by atoms with Gasteiger partial charge in [-0.3, -0.25) is 0 Å². The monoisotopic (exact) mass is 640 g/mol. The fraction of sp³-hybridized carbons (Fsp3) is 0.0833. The molecule has 2 aliphatic rings. The van der Waals surface area contributed by atoms with E-state index in [0.29, 0.717) is 0 Å². The maximum Gasteiger partial charge on any atom is 0.0537 e. The standard InChI is InChI=1S/C48H36N2/c1-5-19-45-41(15-1)42-16-2-6-20-46(42)49(45)39-27-23-33(24-28-39)35-11-9-13-37(31-35)38-14-10-12-36(32-38)34-25-29-40(30-26-34)50-47-21-7-3-17-43(47)44-18-4-8-22-48(44)50/h1,3,5-15,17,19-32H,2,4,16,18H2. The van der Waals surface area contributed by atoms with Crippen LogP contribution in [0.1, 0.15) is 35.4 Å². The van der Waals surface area contributed by atoms with Crippen LogP contribution < -0.4 is 0 Å². The molecule has 238 valence electrons. The van der Waals surface area contributed by atoms with Crippen LogP contribution in [0.15, 0.2) is 158 Å². The highest BCUT2D eigenvalue weighted by molar-refractivity contribution is 5.92. The number of benzene rings is 6. The Bertz CT molecular complexity index is 2440. The normalized spacial score (nSPS) is 13.5. The molecule has 0 atom stereocenters. The molecule has 50 heavy (non-hydrogen) atoms. The molecule has 6 aromatic carbocycles. The van der Waals surface area contributed by atoms with Crippen LogP contribution in [-0.2, 0) is 12.8 Å². The molecule has 0 N–H and O–H groups in total. The van der Waals surface area contributed by atoms with Gasteiger partial charge in [-0.2, -0.15) is 0 Å². The van der Waals surface area contributed by atoms with Gasteiger partial charge in [-0.25, -0.2) is 0 Å². The number of hydrogen-bond acceptors (Lipinski definition) is 0. The molecule has 2 heterocycles. The number of para-hydroxylation sites is 2. The summed E-state index contributed by atoms with van der Waals surface area (Å²) in [7, 11) is 0.